The summed E-state index contributed by atoms with van der Waals surface area (Å²) in [6.45, 7) is 3.42. The molecular formula is C5H13O4Ti. The number of hydrogen-bond acceptors (Lipinski definition) is 3. The Morgan fingerprint density at radius 3 is 2.30 bits per heavy atom. The van der Waals surface area contributed by atoms with Crippen LogP contribution < -0.4 is 0 Å². The van der Waals surface area contributed by atoms with E-state index in [1.54, 1.807) is 0 Å². The van der Waals surface area contributed by atoms with Gasteiger partial charge in [0, 0.05) is 6.61 Å². The van der Waals surface area contributed by atoms with E-state index in [9.17, 15) is 0 Å². The summed E-state index contributed by atoms with van der Waals surface area (Å²) >= 11 is -1.75. The average molecular weight is 185 g/mol. The van der Waals surface area contributed by atoms with Gasteiger partial charge >= 0.3 is 26.5 Å². The van der Waals surface area contributed by atoms with E-state index in [4.69, 9.17) is 16.9 Å². The van der Waals surface area contributed by atoms with E-state index >= 15 is 0 Å². The standard InChI is InChI=1S/C5H12O2.H2O.O.Ti/c1-2-4-7-5-3-6;;;/h6H,2-5H2,1H3;1H2;;/q;;;+1/p-1. The van der Waals surface area contributed by atoms with Gasteiger partial charge in [-0.15, -0.1) is 0 Å². The molecular weight excluding hydrogens is 172 g/mol. The van der Waals surface area contributed by atoms with Crippen LogP contribution in [0.25, 0.3) is 0 Å². The predicted octanol–water partition coefficient (Wildman–Crippen LogP) is -0.273. The van der Waals surface area contributed by atoms with Crippen LogP contribution in [0.3, 0.4) is 0 Å². The van der Waals surface area contributed by atoms with E-state index in [0.717, 1.165) is 13.0 Å². The van der Waals surface area contributed by atoms with Gasteiger partial charge in [0.15, 0.2) is 0 Å². The molecule has 61 valence electrons. The normalized spacial score (nSPS) is 7.50. The van der Waals surface area contributed by atoms with E-state index in [0.29, 0.717) is 6.61 Å². The number of ether oxygens (including phenoxy) is 1. The Morgan fingerprint density at radius 2 is 2.00 bits per heavy atom. The van der Waals surface area contributed by atoms with Crippen LogP contribution >= 0.6 is 0 Å². The quantitative estimate of drug-likeness (QED) is 0.467. The topological polar surface area (TPSA) is 66.8 Å². The molecule has 2 N–H and O–H groups in total. The third-order valence-electron chi connectivity index (χ3n) is 0.584. The molecule has 0 rings (SSSR count). The first-order valence-electron chi connectivity index (χ1n) is 3.03. The molecule has 0 fully saturated rings. The van der Waals surface area contributed by atoms with E-state index in [-0.39, 0.29) is 6.61 Å². The van der Waals surface area contributed by atoms with Gasteiger partial charge < -0.3 is 9.84 Å². The molecule has 0 atom stereocenters. The third kappa shape index (κ3) is 23.8. The van der Waals surface area contributed by atoms with E-state index in [1.165, 1.54) is 0 Å². The van der Waals surface area contributed by atoms with E-state index < -0.39 is 19.5 Å². The van der Waals surface area contributed by atoms with Crippen LogP contribution in [0, 0.1) is 0 Å². The van der Waals surface area contributed by atoms with E-state index in [1.807, 2.05) is 6.92 Å². The Kier molecular flexibility index (Phi) is 21.1. The molecule has 0 saturated carbocycles. The molecule has 0 aromatic rings. The van der Waals surface area contributed by atoms with Crippen molar-refractivity contribution in [3.05, 3.63) is 0 Å². The first kappa shape index (κ1) is 13.0. The van der Waals surface area contributed by atoms with Gasteiger partial charge in [-0.3, -0.25) is 0 Å². The summed E-state index contributed by atoms with van der Waals surface area (Å²) in [6.07, 6.45) is 1.03. The summed E-state index contributed by atoms with van der Waals surface area (Å²) in [7, 11) is 0. The van der Waals surface area contributed by atoms with Crippen molar-refractivity contribution in [3.63, 3.8) is 0 Å². The molecule has 0 unspecified atom stereocenters. The van der Waals surface area contributed by atoms with Crippen molar-refractivity contribution in [1.29, 1.82) is 0 Å². The Hall–Kier alpha value is 0.394. The fourth-order valence-electron chi connectivity index (χ4n) is 0.311. The maximum atomic E-state index is 8.61. The number of aliphatic hydroxyl groups is 1. The van der Waals surface area contributed by atoms with Gasteiger partial charge in [0.2, 0.25) is 0 Å². The fourth-order valence-corrected chi connectivity index (χ4v) is 0.311. The molecule has 0 aliphatic rings. The second kappa shape index (κ2) is 16.2. The molecule has 0 spiro atoms. The first-order valence-corrected chi connectivity index (χ1v) is 4.36. The first-order chi connectivity index (χ1) is 4.83. The third-order valence-corrected chi connectivity index (χ3v) is 0.584. The molecule has 0 radical (unpaired) electrons. The summed E-state index contributed by atoms with van der Waals surface area (Å²) in [5, 5.41) is 8.17. The summed E-state index contributed by atoms with van der Waals surface area (Å²) in [5.41, 5.74) is 0. The zero-order chi connectivity index (χ0) is 8.24. The molecule has 0 aromatic heterocycles. The van der Waals surface area contributed by atoms with E-state index in [2.05, 4.69) is 0 Å². The number of hydrogen-bond donors (Lipinski definition) is 2. The van der Waals surface area contributed by atoms with Gasteiger partial charge in [-0.25, -0.2) is 0 Å². The Bertz CT molecular complexity index is 55.6. The molecule has 0 bridgehead atoms. The second-order valence-electron chi connectivity index (χ2n) is 1.43. The summed E-state index contributed by atoms with van der Waals surface area (Å²) in [4.78, 5) is 0. The minimum absolute atomic E-state index is 0.139. The van der Waals surface area contributed by atoms with Crippen molar-refractivity contribution >= 4 is 0 Å². The van der Waals surface area contributed by atoms with Crippen LogP contribution in [0.2, 0.25) is 0 Å². The van der Waals surface area contributed by atoms with Crippen molar-refractivity contribution in [3.8, 4) is 0 Å². The van der Waals surface area contributed by atoms with Gasteiger partial charge in [-0.2, -0.15) is 0 Å². The molecule has 4 nitrogen and oxygen atoms in total. The van der Waals surface area contributed by atoms with Gasteiger partial charge in [0.1, 0.15) is 0 Å². The SMILES string of the molecule is CCCOCCO.[O]=[Ti][OH]. The predicted molar refractivity (Wildman–Crippen MR) is 31.1 cm³/mol. The molecule has 0 aliphatic heterocycles. The van der Waals surface area contributed by atoms with Gasteiger partial charge in [0.05, 0.1) is 13.2 Å². The summed E-state index contributed by atoms with van der Waals surface area (Å²) in [5.74, 6) is 0. The van der Waals surface area contributed by atoms with Crippen molar-refractivity contribution in [1.82, 2.24) is 0 Å². The van der Waals surface area contributed by atoms with Crippen LogP contribution in [0.1, 0.15) is 13.3 Å². The van der Waals surface area contributed by atoms with Crippen LogP contribution in [0.4, 0.5) is 0 Å². The van der Waals surface area contributed by atoms with Crippen LogP contribution in [-0.4, -0.2) is 28.6 Å². The van der Waals surface area contributed by atoms with Crippen LogP contribution in [-0.2, 0) is 27.6 Å². The van der Waals surface area contributed by atoms with Crippen molar-refractivity contribution in [2.24, 2.45) is 0 Å². The molecule has 0 aliphatic carbocycles. The average Bonchev–Trinajstić information content (AvgIpc) is 1.91. The molecule has 0 saturated heterocycles. The zero-order valence-electron chi connectivity index (χ0n) is 6.04. The second-order valence-corrected chi connectivity index (χ2v) is 1.71. The fraction of sp³-hybridized carbons (Fsp3) is 1.00. The Morgan fingerprint density at radius 1 is 1.50 bits per heavy atom. The number of aliphatic hydroxyl groups excluding tert-OH is 1. The molecule has 5 heteroatoms. The van der Waals surface area contributed by atoms with Crippen molar-refractivity contribution < 1.29 is 36.4 Å². The van der Waals surface area contributed by atoms with Crippen molar-refractivity contribution in [2.75, 3.05) is 19.8 Å². The Labute approximate surface area is 69.9 Å². The monoisotopic (exact) mass is 185 g/mol. The number of rotatable bonds is 4. The summed E-state index contributed by atoms with van der Waals surface area (Å²) < 4.78 is 20.6. The molecule has 0 heterocycles. The van der Waals surface area contributed by atoms with Gasteiger partial charge in [-0.1, -0.05) is 6.92 Å². The van der Waals surface area contributed by atoms with Gasteiger partial charge in [0.25, 0.3) is 0 Å². The Balaban J connectivity index is 0. The molecule has 0 amide bonds. The van der Waals surface area contributed by atoms with Crippen LogP contribution in [0.15, 0.2) is 0 Å². The van der Waals surface area contributed by atoms with Crippen molar-refractivity contribution in [2.45, 2.75) is 13.3 Å². The molecule has 10 heavy (non-hydrogen) atoms. The molecule has 0 aromatic carbocycles. The van der Waals surface area contributed by atoms with Crippen LogP contribution in [0.5, 0.6) is 0 Å². The maximum absolute atomic E-state index is 8.61. The van der Waals surface area contributed by atoms with Gasteiger partial charge in [-0.05, 0) is 6.42 Å². The zero-order valence-corrected chi connectivity index (χ0v) is 7.60. The summed E-state index contributed by atoms with van der Waals surface area (Å²) in [6, 6.07) is 0. The minimum atomic E-state index is -1.75.